The largest absolute Gasteiger partial charge is 0.330 e. The van der Waals surface area contributed by atoms with Gasteiger partial charge < -0.3 is 0 Å². The summed E-state index contributed by atoms with van der Waals surface area (Å²) in [4.78, 5) is 22.3. The maximum Gasteiger partial charge on any atom is 0.330 e. The van der Waals surface area contributed by atoms with Crippen LogP contribution in [0.15, 0.2) is 9.59 Å². The number of H-pyrrole nitrogens is 1. The average Bonchev–Trinajstić information content (AvgIpc) is 2.73. The van der Waals surface area contributed by atoms with Gasteiger partial charge in [0.25, 0.3) is 0 Å². The molecule has 5 nitrogen and oxygen atoms in total. The molecule has 2 rings (SSSR count). The van der Waals surface area contributed by atoms with E-state index in [2.05, 4.69) is 16.5 Å². The van der Waals surface area contributed by atoms with E-state index in [1.165, 1.54) is 16.1 Å². The third kappa shape index (κ3) is 2.66. The fraction of sp³-hybridized carbons (Fsp3) is 0.625. The van der Waals surface area contributed by atoms with Crippen molar-refractivity contribution in [2.24, 2.45) is 0 Å². The normalized spacial score (nSPS) is 17.1. The first-order valence-electron chi connectivity index (χ1n) is 4.58. The van der Waals surface area contributed by atoms with Crippen molar-refractivity contribution in [2.45, 2.75) is 17.5 Å². The number of aryl methyl sites for hydroxylation is 1. The molecule has 0 amide bonds. The highest BCUT2D eigenvalue weighted by atomic mass is 32.2. The summed E-state index contributed by atoms with van der Waals surface area (Å²) in [6.45, 7) is 0.514. The minimum absolute atomic E-state index is 0.514. The number of thioether (sulfide) groups is 2. The van der Waals surface area contributed by atoms with Gasteiger partial charge in [-0.25, -0.2) is 5.10 Å². The fourth-order valence-corrected chi connectivity index (χ4v) is 4.11. The first-order chi connectivity index (χ1) is 7.27. The lowest BCUT2D eigenvalue weighted by molar-refractivity contribution is 0.607. The molecule has 0 aliphatic carbocycles. The van der Waals surface area contributed by atoms with Crippen molar-refractivity contribution in [3.63, 3.8) is 0 Å². The van der Waals surface area contributed by atoms with Crippen LogP contribution < -0.4 is 11.1 Å². The highest BCUT2D eigenvalue weighted by Gasteiger charge is 2.16. The Morgan fingerprint density at radius 2 is 2.20 bits per heavy atom. The Labute approximate surface area is 94.7 Å². The van der Waals surface area contributed by atoms with Crippen molar-refractivity contribution in [3.8, 4) is 0 Å². The molecule has 7 heteroatoms. The van der Waals surface area contributed by atoms with Crippen LogP contribution in [0.3, 0.4) is 0 Å². The van der Waals surface area contributed by atoms with Crippen molar-refractivity contribution < 1.29 is 0 Å². The van der Waals surface area contributed by atoms with E-state index in [-0.39, 0.29) is 0 Å². The van der Waals surface area contributed by atoms with E-state index < -0.39 is 11.1 Å². The number of aromatic amines is 1. The van der Waals surface area contributed by atoms with Crippen molar-refractivity contribution in [3.05, 3.63) is 27.0 Å². The van der Waals surface area contributed by atoms with E-state index >= 15 is 0 Å². The Balaban J connectivity index is 2.01. The Bertz CT molecular complexity index is 436. The molecule has 1 N–H and O–H groups in total. The van der Waals surface area contributed by atoms with E-state index in [1.54, 1.807) is 0 Å². The number of aromatic nitrogens is 3. The molecule has 81 valence electrons. The molecular formula is C8H10N3O2S2. The van der Waals surface area contributed by atoms with Crippen LogP contribution in [-0.4, -0.2) is 30.9 Å². The molecule has 0 aromatic carbocycles. The molecule has 1 aromatic rings. The fourth-order valence-electron chi connectivity index (χ4n) is 1.31. The SMILES string of the molecule is O=c1[nH]n[c]n(CCC2SCCS2)c1=O. The molecule has 1 radical (unpaired) electrons. The Hall–Kier alpha value is -0.690. The molecule has 1 aliphatic rings. The number of rotatable bonds is 3. The van der Waals surface area contributed by atoms with Crippen molar-refractivity contribution >= 4 is 23.5 Å². The van der Waals surface area contributed by atoms with Gasteiger partial charge in [0, 0.05) is 18.1 Å². The van der Waals surface area contributed by atoms with Gasteiger partial charge in [-0.3, -0.25) is 14.2 Å². The predicted octanol–water partition coefficient (Wildman–Crippen LogP) is -0.0720. The van der Waals surface area contributed by atoms with Crippen LogP contribution >= 0.6 is 23.5 Å². The summed E-state index contributed by atoms with van der Waals surface area (Å²) in [6.07, 6.45) is 3.35. The van der Waals surface area contributed by atoms with Crippen LogP contribution in [0.1, 0.15) is 6.42 Å². The van der Waals surface area contributed by atoms with Crippen LogP contribution in [-0.2, 0) is 6.54 Å². The Morgan fingerprint density at radius 1 is 1.47 bits per heavy atom. The third-order valence-corrected chi connectivity index (χ3v) is 5.22. The predicted molar refractivity (Wildman–Crippen MR) is 61.3 cm³/mol. The number of hydrogen-bond donors (Lipinski definition) is 1. The number of nitrogens with zero attached hydrogens (tertiary/aromatic N) is 2. The highest BCUT2D eigenvalue weighted by molar-refractivity contribution is 8.20. The molecule has 2 heterocycles. The zero-order valence-electron chi connectivity index (χ0n) is 7.93. The molecule has 0 unspecified atom stereocenters. The zero-order chi connectivity index (χ0) is 10.7. The number of hydrogen-bond acceptors (Lipinski definition) is 5. The summed E-state index contributed by atoms with van der Waals surface area (Å²) in [5.41, 5.74) is -1.25. The standard InChI is InChI=1S/C8H10N3O2S2/c12-7-8(13)11(5-9-10-7)2-1-6-14-3-4-15-6/h6H,1-4H2,(H,10,12). The molecule has 15 heavy (non-hydrogen) atoms. The summed E-state index contributed by atoms with van der Waals surface area (Å²) >= 11 is 3.80. The Kier molecular flexibility index (Phi) is 3.53. The van der Waals surface area contributed by atoms with Gasteiger partial charge in [0.05, 0.1) is 4.58 Å². The minimum Gasteiger partial charge on any atom is -0.284 e. The molecule has 1 fully saturated rings. The van der Waals surface area contributed by atoms with E-state index in [4.69, 9.17) is 0 Å². The van der Waals surface area contributed by atoms with Crippen molar-refractivity contribution in [2.75, 3.05) is 11.5 Å². The summed E-state index contributed by atoms with van der Waals surface area (Å²) in [6, 6.07) is 0. The van der Waals surface area contributed by atoms with Crippen LogP contribution in [0.25, 0.3) is 0 Å². The molecule has 0 spiro atoms. The molecule has 0 bridgehead atoms. The Morgan fingerprint density at radius 3 is 2.93 bits per heavy atom. The second-order valence-electron chi connectivity index (χ2n) is 3.07. The lowest BCUT2D eigenvalue weighted by Crippen LogP contribution is -2.37. The first-order valence-corrected chi connectivity index (χ1v) is 6.67. The summed E-state index contributed by atoms with van der Waals surface area (Å²) in [5, 5.41) is 5.54. The van der Waals surface area contributed by atoms with Crippen LogP contribution in [0.4, 0.5) is 0 Å². The summed E-state index contributed by atoms with van der Waals surface area (Å²) in [7, 11) is 0. The van der Waals surface area contributed by atoms with Gasteiger partial charge in [0.15, 0.2) is 0 Å². The first kappa shape index (κ1) is 10.8. The van der Waals surface area contributed by atoms with Gasteiger partial charge in [-0.2, -0.15) is 5.10 Å². The lowest BCUT2D eigenvalue weighted by Gasteiger charge is -2.07. The van der Waals surface area contributed by atoms with Gasteiger partial charge in [0.2, 0.25) is 6.33 Å². The topological polar surface area (TPSA) is 67.8 Å². The van der Waals surface area contributed by atoms with Gasteiger partial charge in [0.1, 0.15) is 0 Å². The monoisotopic (exact) mass is 244 g/mol. The van der Waals surface area contributed by atoms with Crippen LogP contribution in [0.5, 0.6) is 0 Å². The van der Waals surface area contributed by atoms with E-state index in [0.29, 0.717) is 11.1 Å². The quantitative estimate of drug-likeness (QED) is 0.754. The van der Waals surface area contributed by atoms with E-state index in [0.717, 1.165) is 6.42 Å². The molecule has 1 saturated heterocycles. The second kappa shape index (κ2) is 4.89. The minimum atomic E-state index is -0.680. The molecule has 1 aliphatic heterocycles. The average molecular weight is 244 g/mol. The molecule has 0 atom stereocenters. The highest BCUT2D eigenvalue weighted by Crippen LogP contribution is 2.34. The van der Waals surface area contributed by atoms with Crippen LogP contribution in [0.2, 0.25) is 0 Å². The maximum absolute atomic E-state index is 11.3. The summed E-state index contributed by atoms with van der Waals surface area (Å²) in [5.74, 6) is 2.34. The summed E-state index contributed by atoms with van der Waals surface area (Å²) < 4.78 is 1.78. The zero-order valence-corrected chi connectivity index (χ0v) is 9.57. The smallest absolute Gasteiger partial charge is 0.284 e. The van der Waals surface area contributed by atoms with E-state index in [9.17, 15) is 9.59 Å². The molecule has 1 aromatic heterocycles. The third-order valence-electron chi connectivity index (χ3n) is 2.05. The van der Waals surface area contributed by atoms with Gasteiger partial charge in [-0.05, 0) is 6.42 Å². The van der Waals surface area contributed by atoms with E-state index in [1.807, 2.05) is 23.5 Å². The molecular weight excluding hydrogens is 234 g/mol. The number of nitrogens with one attached hydrogen (secondary N) is 1. The second-order valence-corrected chi connectivity index (χ2v) is 5.99. The lowest BCUT2D eigenvalue weighted by atomic mass is 10.4. The van der Waals surface area contributed by atoms with Gasteiger partial charge in [-0.1, -0.05) is 0 Å². The van der Waals surface area contributed by atoms with Gasteiger partial charge in [-0.15, -0.1) is 23.5 Å². The maximum atomic E-state index is 11.3. The van der Waals surface area contributed by atoms with Crippen LogP contribution in [0, 0.1) is 6.33 Å². The molecule has 0 saturated carbocycles. The van der Waals surface area contributed by atoms with Crippen molar-refractivity contribution in [1.82, 2.24) is 14.8 Å². The van der Waals surface area contributed by atoms with Crippen molar-refractivity contribution in [1.29, 1.82) is 0 Å². The van der Waals surface area contributed by atoms with Gasteiger partial charge >= 0.3 is 11.1 Å².